The minimum Gasteiger partial charge on any atom is -0.376 e. The summed E-state index contributed by atoms with van der Waals surface area (Å²) in [7, 11) is 0. The molecule has 6 nitrogen and oxygen atoms in total. The van der Waals surface area contributed by atoms with E-state index in [9.17, 15) is 0 Å². The van der Waals surface area contributed by atoms with Crippen molar-refractivity contribution in [3.8, 4) is 11.3 Å². The molecule has 0 fully saturated rings. The summed E-state index contributed by atoms with van der Waals surface area (Å²) < 4.78 is 5.45. The van der Waals surface area contributed by atoms with Gasteiger partial charge in [0.1, 0.15) is 11.2 Å². The molecule has 3 aromatic heterocycles. The Morgan fingerprint density at radius 1 is 1.16 bits per heavy atom. The molecule has 0 atom stereocenters. The molecule has 0 saturated carbocycles. The Morgan fingerprint density at radius 3 is 2.76 bits per heavy atom. The number of aromatic nitrogens is 4. The third-order valence-electron chi connectivity index (χ3n) is 3.81. The van der Waals surface area contributed by atoms with Crippen molar-refractivity contribution in [1.29, 1.82) is 0 Å². The van der Waals surface area contributed by atoms with Gasteiger partial charge < -0.3 is 9.84 Å². The molecule has 0 aliphatic heterocycles. The Labute approximate surface area is 148 Å². The Kier molecular flexibility index (Phi) is 4.03. The average Bonchev–Trinajstić information content (AvgIpc) is 3.02. The Hall–Kier alpha value is -2.99. The number of halogens is 1. The maximum atomic E-state index is 5.98. The summed E-state index contributed by atoms with van der Waals surface area (Å²) in [6.45, 7) is 2.39. The van der Waals surface area contributed by atoms with Gasteiger partial charge in [-0.3, -0.25) is 9.97 Å². The number of benzene rings is 1. The first-order chi connectivity index (χ1) is 12.2. The molecule has 3 heterocycles. The van der Waals surface area contributed by atoms with Gasteiger partial charge in [0.05, 0.1) is 29.8 Å². The van der Waals surface area contributed by atoms with Crippen molar-refractivity contribution in [2.24, 2.45) is 0 Å². The van der Waals surface area contributed by atoms with Crippen molar-refractivity contribution in [2.45, 2.75) is 13.5 Å². The van der Waals surface area contributed by atoms with Crippen LogP contribution in [0.2, 0.25) is 5.02 Å². The van der Waals surface area contributed by atoms with Gasteiger partial charge in [0.25, 0.3) is 0 Å². The molecular weight excluding hydrogens is 338 g/mol. The zero-order chi connectivity index (χ0) is 17.2. The molecule has 0 bridgehead atoms. The smallest absolute Gasteiger partial charge is 0.208 e. The van der Waals surface area contributed by atoms with Crippen molar-refractivity contribution >= 4 is 28.4 Å². The fourth-order valence-electron chi connectivity index (χ4n) is 2.54. The predicted octanol–water partition coefficient (Wildman–Crippen LogP) is 4.25. The molecule has 1 N–H and O–H groups in total. The largest absolute Gasteiger partial charge is 0.376 e. The summed E-state index contributed by atoms with van der Waals surface area (Å²) in [5.41, 5.74) is 5.52. The molecule has 0 saturated heterocycles. The third-order valence-corrected chi connectivity index (χ3v) is 4.06. The molecule has 4 aromatic rings. The minimum absolute atomic E-state index is 0.521. The number of rotatable bonds is 4. The predicted molar refractivity (Wildman–Crippen MR) is 96.3 cm³/mol. The zero-order valence-corrected chi connectivity index (χ0v) is 14.2. The molecule has 0 aliphatic rings. The molecule has 25 heavy (non-hydrogen) atoms. The van der Waals surface area contributed by atoms with Crippen LogP contribution in [0.15, 0.2) is 53.4 Å². The van der Waals surface area contributed by atoms with Gasteiger partial charge in [-0.1, -0.05) is 28.9 Å². The number of anilines is 1. The lowest BCUT2D eigenvalue weighted by atomic mass is 10.1. The molecule has 1 aromatic carbocycles. The molecule has 0 amide bonds. The van der Waals surface area contributed by atoms with E-state index < -0.39 is 0 Å². The van der Waals surface area contributed by atoms with Crippen LogP contribution in [-0.2, 0) is 6.54 Å². The molecule has 4 rings (SSSR count). The summed E-state index contributed by atoms with van der Waals surface area (Å²) in [4.78, 5) is 13.0. The molecular formula is C18H14ClN5O. The van der Waals surface area contributed by atoms with E-state index in [-0.39, 0.29) is 0 Å². The quantitative estimate of drug-likeness (QED) is 0.592. The summed E-state index contributed by atoms with van der Waals surface area (Å²) in [5.74, 6) is 0. The second-order valence-electron chi connectivity index (χ2n) is 5.56. The molecule has 0 aliphatic carbocycles. The fraction of sp³-hybridized carbons (Fsp3) is 0.111. The highest BCUT2D eigenvalue weighted by molar-refractivity contribution is 6.30. The minimum atomic E-state index is 0.521. The maximum absolute atomic E-state index is 5.98. The van der Waals surface area contributed by atoms with Crippen LogP contribution >= 0.6 is 11.6 Å². The summed E-state index contributed by atoms with van der Waals surface area (Å²) in [6, 6.07) is 9.50. The van der Waals surface area contributed by atoms with E-state index in [1.54, 1.807) is 18.6 Å². The van der Waals surface area contributed by atoms with E-state index >= 15 is 0 Å². The van der Waals surface area contributed by atoms with Crippen LogP contribution in [-0.4, -0.2) is 20.1 Å². The van der Waals surface area contributed by atoms with Crippen LogP contribution in [0.1, 0.15) is 11.4 Å². The van der Waals surface area contributed by atoms with Crippen molar-refractivity contribution in [3.05, 3.63) is 65.3 Å². The summed E-state index contributed by atoms with van der Waals surface area (Å²) in [6.07, 6.45) is 5.03. The average molecular weight is 352 g/mol. The highest BCUT2D eigenvalue weighted by atomic mass is 35.5. The number of nitrogens with zero attached hydrogens (tertiary/aromatic N) is 4. The van der Waals surface area contributed by atoms with Gasteiger partial charge in [0.2, 0.25) is 5.58 Å². The van der Waals surface area contributed by atoms with Crippen molar-refractivity contribution in [1.82, 2.24) is 20.1 Å². The van der Waals surface area contributed by atoms with Crippen LogP contribution in [0.25, 0.3) is 22.4 Å². The van der Waals surface area contributed by atoms with Gasteiger partial charge in [-0.05, 0) is 25.1 Å². The number of hydrogen-bond acceptors (Lipinski definition) is 6. The number of aryl methyl sites for hydroxylation is 1. The van der Waals surface area contributed by atoms with Crippen LogP contribution in [0.4, 0.5) is 5.69 Å². The van der Waals surface area contributed by atoms with Gasteiger partial charge in [0, 0.05) is 23.0 Å². The second-order valence-corrected chi connectivity index (χ2v) is 5.99. The topological polar surface area (TPSA) is 76.7 Å². The SMILES string of the molecule is Cc1noc2c(NCc3cnccn3)cc(-c3ccc(Cl)cc3)nc12. The van der Waals surface area contributed by atoms with E-state index in [1.165, 1.54) is 0 Å². The normalized spacial score (nSPS) is 11.0. The van der Waals surface area contributed by atoms with Gasteiger partial charge >= 0.3 is 0 Å². The van der Waals surface area contributed by atoms with Crippen molar-refractivity contribution in [3.63, 3.8) is 0 Å². The monoisotopic (exact) mass is 351 g/mol. The number of fused-ring (bicyclic) bond motifs is 1. The summed E-state index contributed by atoms with van der Waals surface area (Å²) >= 11 is 5.98. The van der Waals surface area contributed by atoms with Crippen LogP contribution < -0.4 is 5.32 Å². The molecule has 0 radical (unpaired) electrons. The Morgan fingerprint density at radius 2 is 2.00 bits per heavy atom. The lowest BCUT2D eigenvalue weighted by molar-refractivity contribution is 0.451. The Bertz CT molecular complexity index is 1020. The van der Waals surface area contributed by atoms with Gasteiger partial charge in [-0.15, -0.1) is 0 Å². The highest BCUT2D eigenvalue weighted by Gasteiger charge is 2.14. The van der Waals surface area contributed by atoms with Crippen LogP contribution in [0.3, 0.4) is 0 Å². The van der Waals surface area contributed by atoms with Gasteiger partial charge in [-0.2, -0.15) is 0 Å². The second kappa shape index (κ2) is 6.49. The fourth-order valence-corrected chi connectivity index (χ4v) is 2.66. The first kappa shape index (κ1) is 15.5. The van der Waals surface area contributed by atoms with E-state index in [0.717, 1.165) is 33.8 Å². The van der Waals surface area contributed by atoms with Crippen molar-refractivity contribution in [2.75, 3.05) is 5.32 Å². The van der Waals surface area contributed by atoms with E-state index in [2.05, 4.69) is 25.4 Å². The Balaban J connectivity index is 1.75. The van der Waals surface area contributed by atoms with E-state index in [0.29, 0.717) is 17.2 Å². The zero-order valence-electron chi connectivity index (χ0n) is 13.4. The van der Waals surface area contributed by atoms with Crippen molar-refractivity contribution < 1.29 is 4.52 Å². The molecule has 0 spiro atoms. The number of hydrogen-bond donors (Lipinski definition) is 1. The van der Waals surface area contributed by atoms with Crippen LogP contribution in [0, 0.1) is 6.92 Å². The molecule has 7 heteroatoms. The van der Waals surface area contributed by atoms with E-state index in [1.807, 2.05) is 37.3 Å². The first-order valence-electron chi connectivity index (χ1n) is 7.72. The molecule has 124 valence electrons. The van der Waals surface area contributed by atoms with Gasteiger partial charge in [0.15, 0.2) is 0 Å². The lowest BCUT2D eigenvalue weighted by Gasteiger charge is -2.08. The lowest BCUT2D eigenvalue weighted by Crippen LogP contribution is -2.03. The number of pyridine rings is 1. The first-order valence-corrected chi connectivity index (χ1v) is 8.10. The van der Waals surface area contributed by atoms with Crippen LogP contribution in [0.5, 0.6) is 0 Å². The van der Waals surface area contributed by atoms with E-state index in [4.69, 9.17) is 16.1 Å². The standard InChI is InChI=1S/C18H14ClN5O/c1-11-17-18(25-24-11)16(22-10-14-9-20-6-7-21-14)8-15(23-17)12-2-4-13(19)5-3-12/h2-9H,10H2,1H3,(H,22,23). The number of nitrogens with one attached hydrogen (secondary N) is 1. The van der Waals surface area contributed by atoms with Gasteiger partial charge in [-0.25, -0.2) is 4.98 Å². The summed E-state index contributed by atoms with van der Waals surface area (Å²) in [5, 5.41) is 8.06. The third kappa shape index (κ3) is 3.16. The molecule has 0 unspecified atom stereocenters. The maximum Gasteiger partial charge on any atom is 0.208 e. The highest BCUT2D eigenvalue weighted by Crippen LogP contribution is 2.30.